The molecule has 0 amide bonds. The number of rotatable bonds is 3. The van der Waals surface area contributed by atoms with Crippen molar-refractivity contribution in [3.8, 4) is 5.75 Å². The van der Waals surface area contributed by atoms with Crippen LogP contribution in [-0.4, -0.2) is 4.98 Å². The standard InChI is InChI=1S/C10H8ClFN2OS/c11-7-2-1-3-8(9(7)12)15-5-6-4-14-10(13)16-6/h1-4H,5H2,(H2,13,14). The molecule has 0 bridgehead atoms. The van der Waals surface area contributed by atoms with Gasteiger partial charge in [-0.1, -0.05) is 29.0 Å². The number of nitrogens with two attached hydrogens (primary N) is 1. The molecule has 1 heterocycles. The molecule has 0 unspecified atom stereocenters. The number of benzene rings is 1. The Kier molecular flexibility index (Phi) is 3.26. The smallest absolute Gasteiger partial charge is 0.183 e. The van der Waals surface area contributed by atoms with Crippen LogP contribution in [0.3, 0.4) is 0 Å². The van der Waals surface area contributed by atoms with Crippen LogP contribution in [0.5, 0.6) is 5.75 Å². The average Bonchev–Trinajstić information content (AvgIpc) is 2.67. The van der Waals surface area contributed by atoms with Crippen molar-refractivity contribution in [1.29, 1.82) is 0 Å². The highest BCUT2D eigenvalue weighted by molar-refractivity contribution is 7.15. The van der Waals surface area contributed by atoms with Gasteiger partial charge in [-0.15, -0.1) is 0 Å². The Morgan fingerprint density at radius 2 is 2.31 bits per heavy atom. The van der Waals surface area contributed by atoms with Crippen LogP contribution >= 0.6 is 22.9 Å². The third kappa shape index (κ3) is 2.43. The van der Waals surface area contributed by atoms with E-state index in [0.717, 1.165) is 4.88 Å². The molecule has 2 rings (SSSR count). The van der Waals surface area contributed by atoms with Crippen LogP contribution < -0.4 is 10.5 Å². The average molecular weight is 259 g/mol. The highest BCUT2D eigenvalue weighted by Crippen LogP contribution is 2.25. The maximum atomic E-state index is 13.4. The number of ether oxygens (including phenoxy) is 1. The van der Waals surface area contributed by atoms with Gasteiger partial charge in [-0.25, -0.2) is 9.37 Å². The third-order valence-electron chi connectivity index (χ3n) is 1.86. The molecular formula is C10H8ClFN2OS. The maximum Gasteiger partial charge on any atom is 0.183 e. The first-order valence-corrected chi connectivity index (χ1v) is 5.63. The molecule has 6 heteroatoms. The van der Waals surface area contributed by atoms with E-state index in [1.165, 1.54) is 23.5 Å². The molecular weight excluding hydrogens is 251 g/mol. The lowest BCUT2D eigenvalue weighted by molar-refractivity contribution is 0.293. The minimum Gasteiger partial charge on any atom is -0.485 e. The molecule has 2 aromatic rings. The van der Waals surface area contributed by atoms with E-state index in [4.69, 9.17) is 22.1 Å². The topological polar surface area (TPSA) is 48.1 Å². The van der Waals surface area contributed by atoms with Crippen LogP contribution in [0.4, 0.5) is 9.52 Å². The first-order chi connectivity index (χ1) is 7.66. The second-order valence-electron chi connectivity index (χ2n) is 3.01. The number of hydrogen-bond acceptors (Lipinski definition) is 4. The summed E-state index contributed by atoms with van der Waals surface area (Å²) in [5, 5.41) is 0.506. The maximum absolute atomic E-state index is 13.4. The van der Waals surface area contributed by atoms with Crippen LogP contribution in [0.15, 0.2) is 24.4 Å². The van der Waals surface area contributed by atoms with Gasteiger partial charge in [0, 0.05) is 6.20 Å². The van der Waals surface area contributed by atoms with Crippen LogP contribution in [-0.2, 0) is 6.61 Å². The monoisotopic (exact) mass is 258 g/mol. The van der Waals surface area contributed by atoms with Crippen molar-refractivity contribution in [2.24, 2.45) is 0 Å². The minimum absolute atomic E-state index is 0.0429. The van der Waals surface area contributed by atoms with Crippen LogP contribution in [0.1, 0.15) is 4.88 Å². The van der Waals surface area contributed by atoms with Crippen molar-refractivity contribution in [3.05, 3.63) is 40.1 Å². The van der Waals surface area contributed by atoms with Gasteiger partial charge in [0.1, 0.15) is 6.61 Å². The Balaban J connectivity index is 2.07. The summed E-state index contributed by atoms with van der Waals surface area (Å²) in [4.78, 5) is 4.70. The molecule has 0 aliphatic rings. The van der Waals surface area contributed by atoms with Crippen molar-refractivity contribution < 1.29 is 9.13 Å². The van der Waals surface area contributed by atoms with Crippen LogP contribution in [0.25, 0.3) is 0 Å². The molecule has 1 aromatic heterocycles. The summed E-state index contributed by atoms with van der Waals surface area (Å²) >= 11 is 6.92. The number of aromatic nitrogens is 1. The molecule has 0 spiro atoms. The van der Waals surface area contributed by atoms with Gasteiger partial charge in [0.05, 0.1) is 9.90 Å². The van der Waals surface area contributed by atoms with E-state index in [1.54, 1.807) is 12.3 Å². The van der Waals surface area contributed by atoms with Gasteiger partial charge in [-0.05, 0) is 12.1 Å². The summed E-state index contributed by atoms with van der Waals surface area (Å²) in [5.41, 5.74) is 5.46. The fraction of sp³-hybridized carbons (Fsp3) is 0.100. The summed E-state index contributed by atoms with van der Waals surface area (Å²) in [6.45, 7) is 0.228. The normalized spacial score (nSPS) is 10.4. The molecule has 0 aliphatic carbocycles. The Morgan fingerprint density at radius 3 is 3.00 bits per heavy atom. The molecule has 0 radical (unpaired) electrons. The van der Waals surface area contributed by atoms with Crippen molar-refractivity contribution in [2.45, 2.75) is 6.61 Å². The van der Waals surface area contributed by atoms with Gasteiger partial charge in [-0.2, -0.15) is 0 Å². The molecule has 84 valence electrons. The van der Waals surface area contributed by atoms with E-state index in [1.807, 2.05) is 0 Å². The molecule has 0 aliphatic heterocycles. The SMILES string of the molecule is Nc1ncc(COc2cccc(Cl)c2F)s1. The van der Waals surface area contributed by atoms with Crippen molar-refractivity contribution in [3.63, 3.8) is 0 Å². The predicted molar refractivity (Wildman–Crippen MR) is 62.3 cm³/mol. The summed E-state index contributed by atoms with van der Waals surface area (Å²) in [7, 11) is 0. The summed E-state index contributed by atoms with van der Waals surface area (Å²) in [6.07, 6.45) is 1.60. The highest BCUT2D eigenvalue weighted by atomic mass is 35.5. The molecule has 2 N–H and O–H groups in total. The number of anilines is 1. The molecule has 0 saturated carbocycles. The van der Waals surface area contributed by atoms with Crippen LogP contribution in [0.2, 0.25) is 5.02 Å². The lowest BCUT2D eigenvalue weighted by Gasteiger charge is -2.05. The predicted octanol–water partition coefficient (Wildman–Crippen LogP) is 3.10. The van der Waals surface area contributed by atoms with E-state index < -0.39 is 5.82 Å². The Hall–Kier alpha value is -1.33. The zero-order chi connectivity index (χ0) is 11.5. The fourth-order valence-corrected chi connectivity index (χ4v) is 1.90. The van der Waals surface area contributed by atoms with Crippen molar-refractivity contribution in [1.82, 2.24) is 4.98 Å². The highest BCUT2D eigenvalue weighted by Gasteiger charge is 2.08. The number of thiazole rings is 1. The third-order valence-corrected chi connectivity index (χ3v) is 2.95. The van der Waals surface area contributed by atoms with Gasteiger partial charge >= 0.3 is 0 Å². The largest absolute Gasteiger partial charge is 0.485 e. The summed E-state index contributed by atoms with van der Waals surface area (Å²) < 4.78 is 18.7. The van der Waals surface area contributed by atoms with Gasteiger partial charge in [0.2, 0.25) is 0 Å². The van der Waals surface area contributed by atoms with Gasteiger partial charge in [0.25, 0.3) is 0 Å². The van der Waals surface area contributed by atoms with Gasteiger partial charge < -0.3 is 10.5 Å². The Morgan fingerprint density at radius 1 is 1.50 bits per heavy atom. The number of halogens is 2. The number of nitrogen functional groups attached to an aromatic ring is 1. The molecule has 0 fully saturated rings. The zero-order valence-electron chi connectivity index (χ0n) is 8.11. The molecule has 0 atom stereocenters. The lowest BCUT2D eigenvalue weighted by atomic mass is 10.3. The molecule has 16 heavy (non-hydrogen) atoms. The quantitative estimate of drug-likeness (QED) is 0.920. The Labute approximate surface area is 101 Å². The lowest BCUT2D eigenvalue weighted by Crippen LogP contribution is -1.95. The molecule has 3 nitrogen and oxygen atoms in total. The fourth-order valence-electron chi connectivity index (χ4n) is 1.13. The van der Waals surface area contributed by atoms with Crippen LogP contribution in [0, 0.1) is 5.82 Å². The first-order valence-electron chi connectivity index (χ1n) is 4.44. The summed E-state index contributed by atoms with van der Waals surface area (Å²) in [6, 6.07) is 4.61. The van der Waals surface area contributed by atoms with Crippen molar-refractivity contribution >= 4 is 28.1 Å². The summed E-state index contributed by atoms with van der Waals surface area (Å²) in [5.74, 6) is -0.430. The van der Waals surface area contributed by atoms with E-state index in [2.05, 4.69) is 4.98 Å². The first kappa shape index (κ1) is 11.2. The number of hydrogen-bond donors (Lipinski definition) is 1. The van der Waals surface area contributed by atoms with E-state index in [0.29, 0.717) is 5.13 Å². The molecule has 1 aromatic carbocycles. The Bertz CT molecular complexity index is 503. The molecule has 0 saturated heterocycles. The number of nitrogens with zero attached hydrogens (tertiary/aromatic N) is 1. The zero-order valence-corrected chi connectivity index (χ0v) is 9.69. The van der Waals surface area contributed by atoms with Gasteiger partial charge in [0.15, 0.2) is 16.7 Å². The van der Waals surface area contributed by atoms with E-state index in [-0.39, 0.29) is 17.4 Å². The van der Waals surface area contributed by atoms with E-state index >= 15 is 0 Å². The van der Waals surface area contributed by atoms with Crippen molar-refractivity contribution in [2.75, 3.05) is 5.73 Å². The minimum atomic E-state index is -0.554. The second-order valence-corrected chi connectivity index (χ2v) is 4.56. The van der Waals surface area contributed by atoms with E-state index in [9.17, 15) is 4.39 Å². The second kappa shape index (κ2) is 4.67. The van der Waals surface area contributed by atoms with Gasteiger partial charge in [-0.3, -0.25) is 0 Å².